The minimum Gasteiger partial charge on any atom is -0.507 e. The van der Waals surface area contributed by atoms with Gasteiger partial charge in [0.05, 0.1) is 26.5 Å². The van der Waals surface area contributed by atoms with E-state index < -0.39 is 6.67 Å². The highest BCUT2D eigenvalue weighted by atomic mass is 19.1. The van der Waals surface area contributed by atoms with Crippen molar-refractivity contribution in [3.05, 3.63) is 17.7 Å². The Morgan fingerprint density at radius 2 is 2.00 bits per heavy atom. The number of methoxy groups -OCH3 is 2. The molecule has 5 nitrogen and oxygen atoms in total. The third-order valence-electron chi connectivity index (χ3n) is 3.86. The van der Waals surface area contributed by atoms with Crippen molar-refractivity contribution in [2.45, 2.75) is 12.5 Å². The van der Waals surface area contributed by atoms with Crippen molar-refractivity contribution in [1.82, 2.24) is 10.2 Å². The number of ether oxygens (including phenoxy) is 2. The van der Waals surface area contributed by atoms with Crippen LogP contribution in [0.3, 0.4) is 0 Å². The van der Waals surface area contributed by atoms with Gasteiger partial charge >= 0.3 is 0 Å². The lowest BCUT2D eigenvalue weighted by molar-refractivity contribution is 0.152. The first kappa shape index (κ1) is 15.9. The fraction of sp³-hybridized carbons (Fsp3) is 0.600. The van der Waals surface area contributed by atoms with Gasteiger partial charge in [-0.15, -0.1) is 0 Å². The standard InChI is InChI=1S/C15H23FN2O3/c1-20-11-9-13(19)15(14(10-11)21-2)12(3-4-16)18-7-5-17-6-8-18/h9-10,12,17,19H,3-8H2,1-2H3/t12-/m1/s1. The van der Waals surface area contributed by atoms with E-state index in [9.17, 15) is 9.50 Å². The summed E-state index contributed by atoms with van der Waals surface area (Å²) in [6, 6.07) is 3.08. The van der Waals surface area contributed by atoms with Gasteiger partial charge in [-0.05, 0) is 6.42 Å². The molecule has 1 saturated heterocycles. The van der Waals surface area contributed by atoms with Crippen molar-refractivity contribution in [1.29, 1.82) is 0 Å². The van der Waals surface area contributed by atoms with Gasteiger partial charge in [0.15, 0.2) is 0 Å². The molecule has 0 aliphatic carbocycles. The Morgan fingerprint density at radius 1 is 1.29 bits per heavy atom. The van der Waals surface area contributed by atoms with Gasteiger partial charge in [-0.2, -0.15) is 0 Å². The molecule has 1 aromatic rings. The van der Waals surface area contributed by atoms with Crippen LogP contribution in [-0.2, 0) is 0 Å². The van der Waals surface area contributed by atoms with E-state index in [4.69, 9.17) is 9.47 Å². The second kappa shape index (κ2) is 7.47. The van der Waals surface area contributed by atoms with Gasteiger partial charge in [-0.25, -0.2) is 0 Å². The molecule has 0 bridgehead atoms. The molecular formula is C15H23FN2O3. The number of hydrogen-bond acceptors (Lipinski definition) is 5. The van der Waals surface area contributed by atoms with Crippen LogP contribution in [0.15, 0.2) is 12.1 Å². The smallest absolute Gasteiger partial charge is 0.131 e. The molecule has 0 unspecified atom stereocenters. The zero-order valence-electron chi connectivity index (χ0n) is 12.6. The molecule has 1 atom stereocenters. The Morgan fingerprint density at radius 3 is 2.57 bits per heavy atom. The van der Waals surface area contributed by atoms with Crippen molar-refractivity contribution < 1.29 is 19.0 Å². The molecule has 0 aromatic heterocycles. The number of rotatable bonds is 6. The van der Waals surface area contributed by atoms with Gasteiger partial charge in [0.25, 0.3) is 0 Å². The van der Waals surface area contributed by atoms with Crippen LogP contribution in [0.4, 0.5) is 4.39 Å². The summed E-state index contributed by atoms with van der Waals surface area (Å²) in [7, 11) is 3.07. The lowest BCUT2D eigenvalue weighted by Crippen LogP contribution is -2.45. The van der Waals surface area contributed by atoms with E-state index in [0.717, 1.165) is 26.2 Å². The van der Waals surface area contributed by atoms with Crippen molar-refractivity contribution in [2.75, 3.05) is 47.1 Å². The molecule has 1 heterocycles. The van der Waals surface area contributed by atoms with Gasteiger partial charge in [0.2, 0.25) is 0 Å². The lowest BCUT2D eigenvalue weighted by Gasteiger charge is -2.35. The summed E-state index contributed by atoms with van der Waals surface area (Å²) in [5, 5.41) is 13.6. The van der Waals surface area contributed by atoms with Crippen molar-refractivity contribution in [3.8, 4) is 17.2 Å². The maximum absolute atomic E-state index is 13.0. The SMILES string of the molecule is COc1cc(O)c([C@@H](CCF)N2CCNCC2)c(OC)c1. The van der Waals surface area contributed by atoms with Crippen molar-refractivity contribution in [3.63, 3.8) is 0 Å². The lowest BCUT2D eigenvalue weighted by atomic mass is 9.99. The van der Waals surface area contributed by atoms with Crippen molar-refractivity contribution in [2.24, 2.45) is 0 Å². The monoisotopic (exact) mass is 298 g/mol. The summed E-state index contributed by atoms with van der Waals surface area (Å²) in [6.45, 7) is 2.92. The number of halogens is 1. The summed E-state index contributed by atoms with van der Waals surface area (Å²) in [4.78, 5) is 2.18. The second-order valence-electron chi connectivity index (χ2n) is 5.04. The largest absolute Gasteiger partial charge is 0.507 e. The number of nitrogens with one attached hydrogen (secondary N) is 1. The molecule has 6 heteroatoms. The molecule has 118 valence electrons. The highest BCUT2D eigenvalue weighted by molar-refractivity contribution is 5.51. The average molecular weight is 298 g/mol. The van der Waals surface area contributed by atoms with Gasteiger partial charge < -0.3 is 19.9 Å². The third-order valence-corrected chi connectivity index (χ3v) is 3.86. The molecule has 0 amide bonds. The Balaban J connectivity index is 2.38. The quantitative estimate of drug-likeness (QED) is 0.837. The Hall–Kier alpha value is -1.53. The van der Waals surface area contributed by atoms with Gasteiger partial charge in [0.1, 0.15) is 17.2 Å². The molecule has 1 aromatic carbocycles. The molecule has 21 heavy (non-hydrogen) atoms. The van der Waals surface area contributed by atoms with Crippen molar-refractivity contribution >= 4 is 0 Å². The minimum absolute atomic E-state index is 0.0863. The molecule has 1 aliphatic heterocycles. The van der Waals surface area contributed by atoms with Crippen LogP contribution in [0.1, 0.15) is 18.0 Å². The van der Waals surface area contributed by atoms with Gasteiger partial charge in [0, 0.05) is 44.4 Å². The average Bonchev–Trinajstić information content (AvgIpc) is 2.53. The van der Waals surface area contributed by atoms with E-state index in [1.807, 2.05) is 0 Å². The molecule has 0 saturated carbocycles. The molecule has 1 fully saturated rings. The Labute approximate surface area is 124 Å². The van der Waals surface area contributed by atoms with E-state index >= 15 is 0 Å². The highest BCUT2D eigenvalue weighted by Gasteiger charge is 2.28. The van der Waals surface area contributed by atoms with Crippen LogP contribution in [0.5, 0.6) is 17.2 Å². The number of phenols is 1. The fourth-order valence-corrected chi connectivity index (χ4v) is 2.82. The molecule has 0 radical (unpaired) electrons. The summed E-state index contributed by atoms with van der Waals surface area (Å²) in [5.41, 5.74) is 0.637. The number of phenolic OH excluding ortho intramolecular Hbond substituents is 1. The number of hydrogen-bond donors (Lipinski definition) is 2. The zero-order valence-corrected chi connectivity index (χ0v) is 12.6. The van der Waals surface area contributed by atoms with Crippen LogP contribution in [-0.4, -0.2) is 57.1 Å². The first-order chi connectivity index (χ1) is 10.2. The molecule has 1 aliphatic rings. The zero-order chi connectivity index (χ0) is 15.2. The van der Waals surface area contributed by atoms with E-state index in [1.165, 1.54) is 7.11 Å². The fourth-order valence-electron chi connectivity index (χ4n) is 2.82. The number of piperazine rings is 1. The molecule has 2 N–H and O–H groups in total. The molecule has 0 spiro atoms. The van der Waals surface area contributed by atoms with Gasteiger partial charge in [-0.3, -0.25) is 9.29 Å². The Bertz CT molecular complexity index is 464. The third kappa shape index (κ3) is 3.57. The van der Waals surface area contributed by atoms with Crippen LogP contribution in [0.25, 0.3) is 0 Å². The second-order valence-corrected chi connectivity index (χ2v) is 5.04. The normalized spacial score (nSPS) is 17.5. The van der Waals surface area contributed by atoms with Crippen LogP contribution < -0.4 is 14.8 Å². The topological polar surface area (TPSA) is 54.0 Å². The summed E-state index contributed by atoms with van der Waals surface area (Å²) < 4.78 is 23.5. The number of nitrogens with zero attached hydrogens (tertiary/aromatic N) is 1. The maximum atomic E-state index is 13.0. The predicted molar refractivity (Wildman–Crippen MR) is 79.0 cm³/mol. The number of benzene rings is 1. The summed E-state index contributed by atoms with van der Waals surface area (Å²) in [6.07, 6.45) is 0.330. The van der Waals surface area contributed by atoms with Gasteiger partial charge in [-0.1, -0.05) is 0 Å². The van der Waals surface area contributed by atoms with Crippen LogP contribution in [0, 0.1) is 0 Å². The van der Waals surface area contributed by atoms with E-state index in [2.05, 4.69) is 10.2 Å². The summed E-state index contributed by atoms with van der Waals surface area (Å²) in [5.74, 6) is 1.14. The number of alkyl halides is 1. The Kier molecular flexibility index (Phi) is 5.64. The maximum Gasteiger partial charge on any atom is 0.131 e. The van der Waals surface area contributed by atoms with E-state index in [1.54, 1.807) is 19.2 Å². The molecule has 2 rings (SSSR count). The van der Waals surface area contributed by atoms with Crippen LogP contribution >= 0.6 is 0 Å². The van der Waals surface area contributed by atoms with E-state index in [-0.39, 0.29) is 11.8 Å². The molecular weight excluding hydrogens is 275 g/mol. The minimum atomic E-state index is -0.441. The van der Waals surface area contributed by atoms with E-state index in [0.29, 0.717) is 23.5 Å². The number of aromatic hydroxyl groups is 1. The summed E-state index contributed by atoms with van der Waals surface area (Å²) >= 11 is 0. The highest BCUT2D eigenvalue weighted by Crippen LogP contribution is 2.41. The van der Waals surface area contributed by atoms with Crippen LogP contribution in [0.2, 0.25) is 0 Å². The predicted octanol–water partition coefficient (Wildman–Crippen LogP) is 1.72. The first-order valence-electron chi connectivity index (χ1n) is 7.16. The first-order valence-corrected chi connectivity index (χ1v) is 7.16.